The number of ether oxygens (including phenoxy) is 1. The van der Waals surface area contributed by atoms with Crippen LogP contribution in [0.1, 0.15) is 36.8 Å². The number of imidazole rings is 1. The highest BCUT2D eigenvalue weighted by molar-refractivity contribution is 7.98. The molecule has 96 valence electrons. The second kappa shape index (κ2) is 6.54. The number of carbonyl (C=O) groups is 1. The van der Waals surface area contributed by atoms with Crippen molar-refractivity contribution in [3.8, 4) is 0 Å². The van der Waals surface area contributed by atoms with Crippen LogP contribution in [0, 0.1) is 0 Å². The summed E-state index contributed by atoms with van der Waals surface area (Å²) in [5.41, 5.74) is 6.15. The molecule has 0 aliphatic rings. The number of hydrogen-bond acceptors (Lipinski definition) is 5. The van der Waals surface area contributed by atoms with Gasteiger partial charge in [0.2, 0.25) is 0 Å². The van der Waals surface area contributed by atoms with E-state index in [2.05, 4.69) is 11.9 Å². The molecule has 1 heterocycles. The molecule has 6 heteroatoms. The van der Waals surface area contributed by atoms with E-state index in [1.54, 1.807) is 25.0 Å². The van der Waals surface area contributed by atoms with Gasteiger partial charge in [-0.25, -0.2) is 9.78 Å². The number of nitrogens with two attached hydrogens (primary N) is 1. The Morgan fingerprint density at radius 2 is 2.35 bits per heavy atom. The van der Waals surface area contributed by atoms with Gasteiger partial charge in [0.05, 0.1) is 12.9 Å². The first-order chi connectivity index (χ1) is 8.15. The standard InChI is InChI=1S/C11H19N3O2S/c1-4-8(6-17-3)14-7-13-9(10(14)12)11(15)16-5-2/h7-8H,4-6,12H2,1-3H3. The van der Waals surface area contributed by atoms with Crippen molar-refractivity contribution in [1.29, 1.82) is 0 Å². The zero-order chi connectivity index (χ0) is 12.8. The van der Waals surface area contributed by atoms with E-state index in [0.717, 1.165) is 12.2 Å². The number of nitrogen functional groups attached to an aromatic ring is 1. The Hall–Kier alpha value is -1.17. The Balaban J connectivity index is 2.92. The predicted octanol–water partition coefficient (Wildman–Crippen LogP) is 1.96. The van der Waals surface area contributed by atoms with Gasteiger partial charge in [0.1, 0.15) is 5.82 Å². The van der Waals surface area contributed by atoms with Crippen LogP contribution in [0.25, 0.3) is 0 Å². The third kappa shape index (κ3) is 3.15. The summed E-state index contributed by atoms with van der Waals surface area (Å²) in [7, 11) is 0. The second-order valence-electron chi connectivity index (χ2n) is 3.62. The highest BCUT2D eigenvalue weighted by Crippen LogP contribution is 2.22. The van der Waals surface area contributed by atoms with Gasteiger partial charge in [-0.1, -0.05) is 6.92 Å². The number of esters is 1. The molecule has 0 saturated heterocycles. The zero-order valence-electron chi connectivity index (χ0n) is 10.5. The topological polar surface area (TPSA) is 70.1 Å². The molecule has 0 spiro atoms. The summed E-state index contributed by atoms with van der Waals surface area (Å²) in [5, 5.41) is 0. The molecule has 2 N–H and O–H groups in total. The molecule has 1 atom stereocenters. The van der Waals surface area contributed by atoms with Crippen LogP contribution in [0.4, 0.5) is 5.82 Å². The Labute approximate surface area is 106 Å². The van der Waals surface area contributed by atoms with Crippen LogP contribution < -0.4 is 5.73 Å². The first-order valence-electron chi connectivity index (χ1n) is 5.64. The van der Waals surface area contributed by atoms with E-state index in [1.165, 1.54) is 0 Å². The molecule has 1 aromatic heterocycles. The van der Waals surface area contributed by atoms with Gasteiger partial charge in [-0.2, -0.15) is 11.8 Å². The molecule has 0 fully saturated rings. The van der Waals surface area contributed by atoms with E-state index in [4.69, 9.17) is 10.5 Å². The average molecular weight is 257 g/mol. The number of anilines is 1. The number of carbonyl (C=O) groups excluding carboxylic acids is 1. The van der Waals surface area contributed by atoms with Crippen LogP contribution in [-0.4, -0.2) is 34.1 Å². The fourth-order valence-electron chi connectivity index (χ4n) is 1.61. The summed E-state index contributed by atoms with van der Waals surface area (Å²) in [6.07, 6.45) is 4.61. The van der Waals surface area contributed by atoms with Crippen molar-refractivity contribution in [2.24, 2.45) is 0 Å². The van der Waals surface area contributed by atoms with Crippen molar-refractivity contribution in [2.45, 2.75) is 26.3 Å². The maximum Gasteiger partial charge on any atom is 0.360 e. The fourth-order valence-corrected chi connectivity index (χ4v) is 2.39. The first kappa shape index (κ1) is 13.9. The average Bonchev–Trinajstić information content (AvgIpc) is 2.68. The largest absolute Gasteiger partial charge is 0.461 e. The van der Waals surface area contributed by atoms with E-state index in [0.29, 0.717) is 12.4 Å². The summed E-state index contributed by atoms with van der Waals surface area (Å²) >= 11 is 1.75. The van der Waals surface area contributed by atoms with E-state index < -0.39 is 5.97 Å². The molecule has 1 rings (SSSR count). The number of nitrogens with zero attached hydrogens (tertiary/aromatic N) is 2. The minimum absolute atomic E-state index is 0.214. The summed E-state index contributed by atoms with van der Waals surface area (Å²) in [6, 6.07) is 0.265. The number of thioether (sulfide) groups is 1. The first-order valence-corrected chi connectivity index (χ1v) is 7.03. The molecule has 0 aliphatic heterocycles. The summed E-state index contributed by atoms with van der Waals surface area (Å²) in [5.74, 6) is 0.881. The number of rotatable bonds is 6. The molecule has 1 aromatic rings. The van der Waals surface area contributed by atoms with E-state index in [9.17, 15) is 4.79 Å². The molecular weight excluding hydrogens is 238 g/mol. The monoisotopic (exact) mass is 257 g/mol. The molecular formula is C11H19N3O2S. The second-order valence-corrected chi connectivity index (χ2v) is 4.53. The van der Waals surface area contributed by atoms with Crippen LogP contribution in [0.15, 0.2) is 6.33 Å². The van der Waals surface area contributed by atoms with Crippen molar-refractivity contribution < 1.29 is 9.53 Å². The maximum absolute atomic E-state index is 11.6. The highest BCUT2D eigenvalue weighted by atomic mass is 32.2. The molecule has 5 nitrogen and oxygen atoms in total. The lowest BCUT2D eigenvalue weighted by Gasteiger charge is -2.16. The van der Waals surface area contributed by atoms with Crippen molar-refractivity contribution in [1.82, 2.24) is 9.55 Å². The maximum atomic E-state index is 11.6. The number of hydrogen-bond donors (Lipinski definition) is 1. The molecule has 17 heavy (non-hydrogen) atoms. The van der Waals surface area contributed by atoms with E-state index in [-0.39, 0.29) is 11.7 Å². The lowest BCUT2D eigenvalue weighted by atomic mass is 10.2. The molecule has 0 aliphatic carbocycles. The van der Waals surface area contributed by atoms with Gasteiger partial charge in [0.15, 0.2) is 5.69 Å². The lowest BCUT2D eigenvalue weighted by Crippen LogP contribution is -2.14. The third-order valence-corrected chi connectivity index (χ3v) is 3.24. The predicted molar refractivity (Wildman–Crippen MR) is 70.3 cm³/mol. The quantitative estimate of drug-likeness (QED) is 0.789. The lowest BCUT2D eigenvalue weighted by molar-refractivity contribution is 0.0521. The van der Waals surface area contributed by atoms with Crippen LogP contribution in [-0.2, 0) is 4.74 Å². The van der Waals surface area contributed by atoms with E-state index in [1.807, 2.05) is 10.8 Å². The van der Waals surface area contributed by atoms with Gasteiger partial charge in [-0.05, 0) is 19.6 Å². The van der Waals surface area contributed by atoms with Crippen molar-refractivity contribution >= 4 is 23.5 Å². The molecule has 0 aromatic carbocycles. The minimum atomic E-state index is -0.456. The van der Waals surface area contributed by atoms with Crippen LogP contribution in [0.5, 0.6) is 0 Å². The van der Waals surface area contributed by atoms with Gasteiger partial charge >= 0.3 is 5.97 Å². The zero-order valence-corrected chi connectivity index (χ0v) is 11.3. The molecule has 0 saturated carbocycles. The third-order valence-electron chi connectivity index (χ3n) is 2.52. The van der Waals surface area contributed by atoms with Gasteiger partial charge in [-0.3, -0.25) is 0 Å². The Kier molecular flexibility index (Phi) is 5.34. The smallest absolute Gasteiger partial charge is 0.360 e. The summed E-state index contributed by atoms with van der Waals surface area (Å²) in [4.78, 5) is 15.6. The van der Waals surface area contributed by atoms with Crippen molar-refractivity contribution in [3.05, 3.63) is 12.0 Å². The Morgan fingerprint density at radius 1 is 1.65 bits per heavy atom. The van der Waals surface area contributed by atoms with Gasteiger partial charge in [0, 0.05) is 11.8 Å². The number of aromatic nitrogens is 2. The van der Waals surface area contributed by atoms with Gasteiger partial charge in [-0.15, -0.1) is 0 Å². The SMILES string of the molecule is CCOC(=O)c1ncn(C(CC)CSC)c1N. The molecule has 0 radical (unpaired) electrons. The van der Waals surface area contributed by atoms with Crippen LogP contribution in [0.2, 0.25) is 0 Å². The van der Waals surface area contributed by atoms with Crippen LogP contribution in [0.3, 0.4) is 0 Å². The van der Waals surface area contributed by atoms with Crippen molar-refractivity contribution in [3.63, 3.8) is 0 Å². The molecule has 0 amide bonds. The fraction of sp³-hybridized carbons (Fsp3) is 0.636. The van der Waals surface area contributed by atoms with Gasteiger partial charge < -0.3 is 15.0 Å². The summed E-state index contributed by atoms with van der Waals surface area (Å²) < 4.78 is 6.75. The van der Waals surface area contributed by atoms with Crippen molar-refractivity contribution in [2.75, 3.05) is 24.3 Å². The highest BCUT2D eigenvalue weighted by Gasteiger charge is 2.20. The molecule has 1 unspecified atom stereocenters. The Bertz CT molecular complexity index is 379. The minimum Gasteiger partial charge on any atom is -0.461 e. The van der Waals surface area contributed by atoms with E-state index >= 15 is 0 Å². The summed E-state index contributed by atoms with van der Waals surface area (Å²) in [6.45, 7) is 4.17. The molecule has 0 bridgehead atoms. The van der Waals surface area contributed by atoms with Gasteiger partial charge in [0.25, 0.3) is 0 Å². The van der Waals surface area contributed by atoms with Crippen LogP contribution >= 0.6 is 11.8 Å². The Morgan fingerprint density at radius 3 is 2.88 bits per heavy atom. The normalized spacial score (nSPS) is 12.4.